The number of hydrogen-bond donors (Lipinski definition) is 4. The van der Waals surface area contributed by atoms with Gasteiger partial charge in [-0.15, -0.1) is 0 Å². The van der Waals surface area contributed by atoms with Crippen molar-refractivity contribution >= 4 is 29.2 Å². The molecule has 0 saturated heterocycles. The number of methoxy groups -OCH3 is 1. The van der Waals surface area contributed by atoms with E-state index in [2.05, 4.69) is 9.98 Å². The van der Waals surface area contributed by atoms with Crippen molar-refractivity contribution < 1.29 is 53.4 Å². The molecule has 1 aromatic heterocycles. The second-order valence-electron chi connectivity index (χ2n) is 15.4. The van der Waals surface area contributed by atoms with Crippen LogP contribution in [0.5, 0.6) is 11.5 Å². The third-order valence-electron chi connectivity index (χ3n) is 11.4. The Kier molecular flexibility index (Phi) is 11.8. The summed E-state index contributed by atoms with van der Waals surface area (Å²) in [5.74, 6) is -7.47. The SMILES string of the molecule is CO[C@H]1/C=C/O[C@@]2(C)Oc3c(C)c(O)c4c(c3C2=O)-c2nc(-c3ccccc3)[nH]c2C(=NC(=O)/C(C)=C/C=C/[C@H](C)[C@H](O)[C@@H](C)[C@@H](O)[C@@H](C)[C@H](OC(C)=O)[C@@H]1C)C4=O. The van der Waals surface area contributed by atoms with Crippen LogP contribution in [0, 0.1) is 30.6 Å². The van der Waals surface area contributed by atoms with Crippen LogP contribution >= 0.6 is 0 Å². The Hall–Kier alpha value is -5.70. The zero-order valence-electron chi connectivity index (χ0n) is 33.9. The summed E-state index contributed by atoms with van der Waals surface area (Å²) >= 11 is 0. The second kappa shape index (κ2) is 16.3. The Morgan fingerprint density at radius 2 is 1.62 bits per heavy atom. The molecule has 2 aromatic carbocycles. The molecule has 1 aliphatic carbocycles. The standard InChI is InChI=1S/C44H49N3O11/c1-20-14-13-15-21(2)43(54)47-34-33-32(45-42(46-33)27-16-11-10-12-17-27)29-30(38(34)52)37(51)25(6)40-31(29)41(53)44(8,58-40)56-19-18-28(55-9)22(3)39(57-26(7)48)24(5)36(50)23(4)35(20)49/h10-20,22-24,28,35-36,39,49-51H,1-9H3,(H,45,46)/b14-13+,19-18+,21-15+,47-34?/t20-,22+,23+,24+,28-,35-,36+,39+,44-/m0/s1. The highest BCUT2D eigenvalue weighted by Crippen LogP contribution is 2.52. The summed E-state index contributed by atoms with van der Waals surface area (Å²) in [6, 6.07) is 9.01. The number of carbonyl (C=O) groups excluding carboxylic acids is 4. The van der Waals surface area contributed by atoms with E-state index in [9.17, 15) is 34.5 Å². The molecule has 0 saturated carbocycles. The van der Waals surface area contributed by atoms with Gasteiger partial charge in [-0.2, -0.15) is 0 Å². The van der Waals surface area contributed by atoms with Crippen molar-refractivity contribution in [1.29, 1.82) is 0 Å². The first-order valence-electron chi connectivity index (χ1n) is 19.1. The van der Waals surface area contributed by atoms with Crippen molar-refractivity contribution in [2.75, 3.05) is 7.11 Å². The third kappa shape index (κ3) is 7.43. The fraction of sp³-hybridized carbons (Fsp3) is 0.409. The zero-order chi connectivity index (χ0) is 42.4. The van der Waals surface area contributed by atoms with Crippen LogP contribution in [0.1, 0.15) is 80.4 Å². The van der Waals surface area contributed by atoms with Crippen molar-refractivity contribution in [3.8, 4) is 34.1 Å². The van der Waals surface area contributed by atoms with Crippen LogP contribution in [0.2, 0.25) is 0 Å². The fourth-order valence-corrected chi connectivity index (χ4v) is 7.88. The molecule has 5 bridgehead atoms. The van der Waals surface area contributed by atoms with Gasteiger partial charge in [-0.3, -0.25) is 19.2 Å². The van der Waals surface area contributed by atoms with Crippen LogP contribution in [-0.2, 0) is 23.8 Å². The first-order chi connectivity index (χ1) is 27.4. The number of aliphatic hydroxyl groups excluding tert-OH is 2. The summed E-state index contributed by atoms with van der Waals surface area (Å²) in [5.41, 5.74) is 0.382. The number of ether oxygens (including phenoxy) is 4. The molecule has 0 radical (unpaired) electrons. The number of rotatable bonds is 3. The smallest absolute Gasteiger partial charge is 0.312 e. The molecule has 3 aliphatic rings. The number of aliphatic hydroxyl groups is 2. The molecule has 306 valence electrons. The van der Waals surface area contributed by atoms with Crippen LogP contribution < -0.4 is 4.74 Å². The molecule has 14 nitrogen and oxygen atoms in total. The lowest BCUT2D eigenvalue weighted by Crippen LogP contribution is -2.46. The molecule has 2 aliphatic heterocycles. The zero-order valence-corrected chi connectivity index (χ0v) is 33.9. The molecule has 4 N–H and O–H groups in total. The van der Waals surface area contributed by atoms with Gasteiger partial charge in [0, 0.05) is 66.9 Å². The Morgan fingerprint density at radius 1 is 0.931 bits per heavy atom. The van der Waals surface area contributed by atoms with Crippen molar-refractivity contribution in [2.24, 2.45) is 28.7 Å². The highest BCUT2D eigenvalue weighted by atomic mass is 16.7. The second-order valence-corrected chi connectivity index (χ2v) is 15.4. The van der Waals surface area contributed by atoms with Crippen molar-refractivity contribution in [3.05, 3.63) is 88.9 Å². The lowest BCUT2D eigenvalue weighted by molar-refractivity contribution is -0.160. The van der Waals surface area contributed by atoms with Gasteiger partial charge in [0.05, 0.1) is 41.4 Å². The Morgan fingerprint density at radius 3 is 2.28 bits per heavy atom. The molecule has 9 atom stereocenters. The first-order valence-corrected chi connectivity index (χ1v) is 19.1. The number of benzene rings is 2. The Labute approximate surface area is 336 Å². The maximum atomic E-state index is 14.5. The topological polar surface area (TPSA) is 207 Å². The molecule has 6 rings (SSSR count). The van der Waals surface area contributed by atoms with Crippen molar-refractivity contribution in [1.82, 2.24) is 9.97 Å². The van der Waals surface area contributed by atoms with Gasteiger partial charge in [-0.05, 0) is 19.9 Å². The highest BCUT2D eigenvalue weighted by molar-refractivity contribution is 6.56. The van der Waals surface area contributed by atoms with E-state index in [0.717, 1.165) is 0 Å². The number of phenols is 1. The Bertz CT molecular complexity index is 2270. The predicted octanol–water partition coefficient (Wildman–Crippen LogP) is 5.82. The number of allylic oxidation sites excluding steroid dienone is 2. The number of fused-ring (bicyclic) bond motifs is 4. The van der Waals surface area contributed by atoms with E-state index in [1.807, 2.05) is 6.07 Å². The van der Waals surface area contributed by atoms with Gasteiger partial charge in [0.25, 0.3) is 11.7 Å². The van der Waals surface area contributed by atoms with Crippen LogP contribution in [0.4, 0.5) is 0 Å². The van der Waals surface area contributed by atoms with E-state index in [0.29, 0.717) is 11.4 Å². The number of esters is 1. The van der Waals surface area contributed by atoms with Crippen LogP contribution in [0.15, 0.2) is 71.5 Å². The first kappa shape index (κ1) is 41.9. The van der Waals surface area contributed by atoms with Gasteiger partial charge in [0.15, 0.2) is 0 Å². The summed E-state index contributed by atoms with van der Waals surface area (Å²) in [7, 11) is 1.45. The number of phenolic OH excluding ortho intramolecular Hbond substituents is 1. The minimum absolute atomic E-state index is 0.00387. The maximum Gasteiger partial charge on any atom is 0.312 e. The number of aromatic amines is 1. The number of carbonyl (C=O) groups is 4. The average Bonchev–Trinajstić information content (AvgIpc) is 3.76. The quantitative estimate of drug-likeness (QED) is 0.232. The number of imidazole rings is 1. The number of ketones is 2. The number of hydrogen-bond acceptors (Lipinski definition) is 12. The average molecular weight is 796 g/mol. The summed E-state index contributed by atoms with van der Waals surface area (Å²) in [6.07, 6.45) is 3.65. The van der Waals surface area contributed by atoms with E-state index in [1.165, 1.54) is 53.2 Å². The van der Waals surface area contributed by atoms with Crippen LogP contribution in [-0.4, -0.2) is 91.8 Å². The van der Waals surface area contributed by atoms with Gasteiger partial charge >= 0.3 is 11.8 Å². The minimum atomic E-state index is -2.00. The number of nitrogens with zero attached hydrogens (tertiary/aromatic N) is 2. The van der Waals surface area contributed by atoms with E-state index in [1.54, 1.807) is 64.1 Å². The maximum absolute atomic E-state index is 14.5. The number of nitrogens with one attached hydrogen (secondary N) is 1. The molecule has 58 heavy (non-hydrogen) atoms. The van der Waals surface area contributed by atoms with Gasteiger partial charge in [0.2, 0.25) is 5.78 Å². The number of amides is 1. The van der Waals surface area contributed by atoms with Gasteiger partial charge in [-0.1, -0.05) is 76.3 Å². The van der Waals surface area contributed by atoms with E-state index >= 15 is 0 Å². The van der Waals surface area contributed by atoms with Gasteiger partial charge < -0.3 is 39.3 Å². The summed E-state index contributed by atoms with van der Waals surface area (Å²) in [4.78, 5) is 67.2. The predicted molar refractivity (Wildman–Crippen MR) is 213 cm³/mol. The minimum Gasteiger partial charge on any atom is -0.507 e. The van der Waals surface area contributed by atoms with Gasteiger partial charge in [0.1, 0.15) is 34.8 Å². The highest BCUT2D eigenvalue weighted by Gasteiger charge is 2.52. The number of aromatic hydroxyl groups is 1. The number of Topliss-reactive ketones (excluding diaryl/α,β-unsaturated/α-hetero) is 2. The molecule has 1 amide bonds. The van der Waals surface area contributed by atoms with E-state index in [4.69, 9.17) is 23.9 Å². The molecule has 0 fully saturated rings. The molecule has 14 heteroatoms. The molecule has 3 heterocycles. The number of aromatic nitrogens is 2. The van der Waals surface area contributed by atoms with Crippen LogP contribution in [0.25, 0.3) is 22.6 Å². The molecule has 0 spiro atoms. The van der Waals surface area contributed by atoms with E-state index in [-0.39, 0.29) is 50.7 Å². The lowest BCUT2D eigenvalue weighted by atomic mass is 9.78. The van der Waals surface area contributed by atoms with Crippen LogP contribution in [0.3, 0.4) is 0 Å². The number of aliphatic imine (C=N–C) groups is 1. The van der Waals surface area contributed by atoms with Crippen molar-refractivity contribution in [2.45, 2.75) is 85.6 Å². The molecule has 3 aromatic rings. The normalized spacial score (nSPS) is 31.0. The van der Waals surface area contributed by atoms with Gasteiger partial charge in [-0.25, -0.2) is 9.98 Å². The summed E-state index contributed by atoms with van der Waals surface area (Å²) in [6.45, 7) is 12.6. The monoisotopic (exact) mass is 795 g/mol. The molecule has 0 unspecified atom stereocenters. The third-order valence-corrected chi connectivity index (χ3v) is 11.4. The summed E-state index contributed by atoms with van der Waals surface area (Å²) < 4.78 is 23.7. The lowest BCUT2D eigenvalue weighted by Gasteiger charge is -2.38. The van der Waals surface area contributed by atoms with Crippen molar-refractivity contribution in [3.63, 3.8) is 0 Å². The summed E-state index contributed by atoms with van der Waals surface area (Å²) in [5, 5.41) is 34.5. The van der Waals surface area contributed by atoms with E-state index < -0.39 is 83.1 Å². The molecular weight excluding hydrogens is 746 g/mol. The number of H-pyrrole nitrogens is 1. The fourth-order valence-electron chi connectivity index (χ4n) is 7.88. The molecular formula is C44H49N3O11. The largest absolute Gasteiger partial charge is 0.507 e. The Balaban J connectivity index is 1.54.